The number of aromatic nitrogens is 12. The van der Waals surface area contributed by atoms with E-state index in [1.807, 2.05) is 79.9 Å². The number of benzene rings is 8. The molecule has 0 spiro atoms. The van der Waals surface area contributed by atoms with Gasteiger partial charge in [0, 0.05) is 95.3 Å². The quantitative estimate of drug-likeness (QED) is 0.0996. The Labute approximate surface area is 653 Å². The maximum atomic E-state index is 5.39. The molecule has 0 amide bonds. The summed E-state index contributed by atoms with van der Waals surface area (Å²) < 4.78 is 11.2. The van der Waals surface area contributed by atoms with Crippen molar-refractivity contribution in [3.8, 4) is 73.7 Å². The van der Waals surface area contributed by atoms with Crippen LogP contribution in [0.25, 0.3) is 118 Å². The minimum absolute atomic E-state index is 0. The van der Waals surface area contributed by atoms with Crippen LogP contribution in [0.1, 0.15) is 115 Å². The molecular weight excluding hydrogens is 1510 g/mol. The molecule has 0 fully saturated rings. The zero-order chi connectivity index (χ0) is 75.2. The first kappa shape index (κ1) is 74.1. The first-order valence-corrected chi connectivity index (χ1v) is 37.3. The van der Waals surface area contributed by atoms with Crippen molar-refractivity contribution in [3.63, 3.8) is 0 Å². The van der Waals surface area contributed by atoms with Crippen molar-refractivity contribution >= 4 is 44.1 Å². The zero-order valence-electron chi connectivity index (χ0n) is 64.8. The van der Waals surface area contributed by atoms with Gasteiger partial charge in [-0.05, 0) is 224 Å². The van der Waals surface area contributed by atoms with E-state index >= 15 is 0 Å². The topological polar surface area (TPSA) is 115 Å². The third kappa shape index (κ3) is 14.6. The summed E-state index contributed by atoms with van der Waals surface area (Å²) in [7, 11) is 0. The molecule has 0 saturated heterocycles. The van der Waals surface area contributed by atoms with Gasteiger partial charge < -0.3 is 22.8 Å². The minimum atomic E-state index is 0. The SMILES string of the molecule is CCC(CCc1c[c-]c(-c2nccn2-c2c(C)cc(C)cc2C)cc1)c1ccc2c(n1)c1ncccc1n2-c1ccc(-c2ccc(-n3c4cccnc4c4ncccc43)cc2C)c(C)c1.Cc1c[c-]c(-c2ncc(C)n2-c2c(C)cc(C)cc2C)cc1.Cc1c[c-]c(-c2nccn2-c2c(C)cc(C)cc2C)cc1.[Ir+3]. The van der Waals surface area contributed by atoms with E-state index in [9.17, 15) is 0 Å². The number of rotatable bonds is 14. The van der Waals surface area contributed by atoms with E-state index in [-0.39, 0.29) is 20.1 Å². The first-order valence-electron chi connectivity index (χ1n) is 37.3. The van der Waals surface area contributed by atoms with Crippen LogP contribution in [0.15, 0.2) is 225 Å². The average Bonchev–Trinajstić information content (AvgIpc) is 1.60. The Balaban J connectivity index is 0.000000182. The van der Waals surface area contributed by atoms with E-state index in [1.54, 1.807) is 0 Å². The zero-order valence-corrected chi connectivity index (χ0v) is 67.2. The third-order valence-corrected chi connectivity index (χ3v) is 21.0. The van der Waals surface area contributed by atoms with Crippen LogP contribution in [-0.4, -0.2) is 57.7 Å². The Morgan fingerprint density at radius 1 is 0.358 bits per heavy atom. The third-order valence-electron chi connectivity index (χ3n) is 21.0. The maximum absolute atomic E-state index is 5.39. The second kappa shape index (κ2) is 31.2. The van der Waals surface area contributed by atoms with Crippen molar-refractivity contribution in [1.82, 2.24) is 57.7 Å². The molecule has 17 rings (SSSR count). The van der Waals surface area contributed by atoms with Crippen LogP contribution in [0, 0.1) is 115 Å². The summed E-state index contributed by atoms with van der Waals surface area (Å²) >= 11 is 0. The number of nitrogens with zero attached hydrogens (tertiary/aromatic N) is 12. The Bertz CT molecular complexity index is 6100. The van der Waals surface area contributed by atoms with Crippen LogP contribution < -0.4 is 0 Å². The second-order valence-corrected chi connectivity index (χ2v) is 29.2. The Hall–Kier alpha value is -11.8. The normalized spacial score (nSPS) is 11.6. The molecule has 0 radical (unpaired) electrons. The number of pyridine rings is 4. The largest absolute Gasteiger partial charge is 3.00 e. The number of hydrogen-bond acceptors (Lipinski definition) is 7. The molecule has 109 heavy (non-hydrogen) atoms. The van der Waals surface area contributed by atoms with Crippen molar-refractivity contribution in [2.24, 2.45) is 0 Å². The summed E-state index contributed by atoms with van der Waals surface area (Å²) in [6.07, 6.45) is 18.2. The van der Waals surface area contributed by atoms with E-state index in [0.29, 0.717) is 5.92 Å². The number of imidazole rings is 3. The molecule has 0 saturated carbocycles. The van der Waals surface area contributed by atoms with Crippen LogP contribution in [0.2, 0.25) is 0 Å². The Kier molecular flexibility index (Phi) is 21.2. The molecule has 0 N–H and O–H groups in total. The van der Waals surface area contributed by atoms with Gasteiger partial charge in [-0.1, -0.05) is 92.4 Å². The first-order chi connectivity index (χ1) is 52.3. The van der Waals surface area contributed by atoms with E-state index in [2.05, 4.69) is 310 Å². The Morgan fingerprint density at radius 2 is 0.780 bits per heavy atom. The summed E-state index contributed by atoms with van der Waals surface area (Å²) in [6, 6.07) is 72.8. The molecule has 0 aliphatic heterocycles. The fourth-order valence-corrected chi connectivity index (χ4v) is 16.2. The molecular formula is C96H89IrN12. The van der Waals surface area contributed by atoms with Crippen molar-refractivity contribution in [2.45, 2.75) is 129 Å². The van der Waals surface area contributed by atoms with Crippen LogP contribution >= 0.6 is 0 Å². The van der Waals surface area contributed by atoms with E-state index < -0.39 is 0 Å². The average molecular weight is 1600 g/mol. The summed E-state index contributed by atoms with van der Waals surface area (Å²) in [5, 5.41) is 0. The number of hydrogen-bond donors (Lipinski definition) is 0. The van der Waals surface area contributed by atoms with Gasteiger partial charge in [0.05, 0.1) is 39.5 Å². The molecule has 0 aliphatic carbocycles. The van der Waals surface area contributed by atoms with Crippen LogP contribution in [0.3, 0.4) is 0 Å². The fourth-order valence-electron chi connectivity index (χ4n) is 16.2. The predicted molar refractivity (Wildman–Crippen MR) is 443 cm³/mol. The van der Waals surface area contributed by atoms with Crippen molar-refractivity contribution in [3.05, 3.63) is 333 Å². The molecule has 9 heterocycles. The molecule has 17 aromatic rings. The monoisotopic (exact) mass is 1600 g/mol. The number of fused-ring (bicyclic) bond motifs is 6. The summed E-state index contributed by atoms with van der Waals surface area (Å²) in [6.45, 7) is 32.3. The van der Waals surface area contributed by atoms with E-state index in [4.69, 9.17) is 15.0 Å². The minimum Gasteiger partial charge on any atom is -0.340 e. The smallest absolute Gasteiger partial charge is 0.340 e. The second-order valence-electron chi connectivity index (χ2n) is 29.2. The van der Waals surface area contributed by atoms with Crippen LogP contribution in [-0.2, 0) is 26.5 Å². The van der Waals surface area contributed by atoms with Gasteiger partial charge in [-0.15, -0.1) is 106 Å². The standard InChI is InChI=1S/C57H49N8.C20H21N2.C19H19N2.Ir/c1-7-41(17-14-40-15-18-42(19-16-40)57-61-29-30-63(57)56-38(5)31-35(2)32-39(56)6)47-24-25-51-55(62-47)54-50(13-10-28-60-54)65(51)44-21-23-46(37(4)34-44)45-22-20-43(33-36(45)3)64-48-11-8-26-58-52(48)53-49(64)12-9-27-59-53;1-13-6-8-18(9-7-13)20-21-12-17(5)22(20)19-15(3)10-14(2)11-16(19)4;1-13-5-7-17(8-6-13)19-20-9-10-21(19)18-15(3)11-14(2)12-16(18)4;/h8-13,15-16,18,20-34,41H,7,14,17H2,1-6H3;6-8,10-12H,1-5H3;5-7,9-12H,1-4H3;/q3*-1;+3. The molecule has 542 valence electrons. The van der Waals surface area contributed by atoms with Gasteiger partial charge in [-0.3, -0.25) is 29.9 Å². The summed E-state index contributed by atoms with van der Waals surface area (Å²) in [4.78, 5) is 33.6. The van der Waals surface area contributed by atoms with Crippen molar-refractivity contribution in [2.75, 3.05) is 0 Å². The van der Waals surface area contributed by atoms with Gasteiger partial charge in [-0.2, -0.15) is 0 Å². The molecule has 1 unspecified atom stereocenters. The van der Waals surface area contributed by atoms with Gasteiger partial charge in [0.2, 0.25) is 0 Å². The van der Waals surface area contributed by atoms with E-state index in [1.165, 1.54) is 106 Å². The molecule has 8 aromatic carbocycles. The molecule has 0 bridgehead atoms. The fraction of sp³-hybridized carbons (Fsp3) is 0.198. The van der Waals surface area contributed by atoms with Gasteiger partial charge >= 0.3 is 20.1 Å². The number of aryl methyl sites for hydroxylation is 15. The Morgan fingerprint density at radius 3 is 1.20 bits per heavy atom. The molecule has 13 heteroatoms. The summed E-state index contributed by atoms with van der Waals surface area (Å²) in [5.74, 6) is 3.09. The van der Waals surface area contributed by atoms with Gasteiger partial charge in [-0.25, -0.2) is 4.98 Å². The maximum Gasteiger partial charge on any atom is 3.00 e. The van der Waals surface area contributed by atoms with Gasteiger partial charge in [0.1, 0.15) is 22.1 Å². The van der Waals surface area contributed by atoms with Crippen LogP contribution in [0.5, 0.6) is 0 Å². The van der Waals surface area contributed by atoms with Gasteiger partial charge in [0.15, 0.2) is 0 Å². The van der Waals surface area contributed by atoms with Crippen molar-refractivity contribution < 1.29 is 20.1 Å². The van der Waals surface area contributed by atoms with Gasteiger partial charge in [0.25, 0.3) is 0 Å². The molecule has 9 aromatic heterocycles. The predicted octanol–water partition coefficient (Wildman–Crippen LogP) is 22.9. The van der Waals surface area contributed by atoms with E-state index in [0.717, 1.165) is 120 Å². The van der Waals surface area contributed by atoms with Crippen LogP contribution in [0.4, 0.5) is 0 Å². The molecule has 1 atom stereocenters. The molecule has 0 aliphatic rings. The van der Waals surface area contributed by atoms with Crippen molar-refractivity contribution in [1.29, 1.82) is 0 Å². The summed E-state index contributed by atoms with van der Waals surface area (Å²) in [5.41, 5.74) is 38.8. The molecule has 12 nitrogen and oxygen atoms in total.